The van der Waals surface area contributed by atoms with Gasteiger partial charge in [0.2, 0.25) is 0 Å². The maximum Gasteiger partial charge on any atom is 0.410 e. The third-order valence-corrected chi connectivity index (χ3v) is 5.00. The van der Waals surface area contributed by atoms with Gasteiger partial charge in [-0.1, -0.05) is 11.6 Å². The molecule has 2 saturated heterocycles. The first-order valence-electron chi connectivity index (χ1n) is 7.73. The number of hydrogen-bond donors (Lipinski definition) is 0. The van der Waals surface area contributed by atoms with Crippen LogP contribution in [-0.2, 0) is 11.3 Å². The van der Waals surface area contributed by atoms with Crippen molar-refractivity contribution < 1.29 is 9.53 Å². The largest absolute Gasteiger partial charge is 0.444 e. The molecule has 0 radical (unpaired) electrons. The molecule has 8 heteroatoms. The van der Waals surface area contributed by atoms with Crippen LogP contribution in [0.4, 0.5) is 10.6 Å². The summed E-state index contributed by atoms with van der Waals surface area (Å²) in [6.07, 6.45) is 0.559. The van der Waals surface area contributed by atoms with Gasteiger partial charge in [0.15, 0.2) is 0 Å². The molecule has 1 spiro atoms. The van der Waals surface area contributed by atoms with Crippen LogP contribution >= 0.6 is 11.6 Å². The summed E-state index contributed by atoms with van der Waals surface area (Å²) in [4.78, 5) is 32.3. The third-order valence-electron chi connectivity index (χ3n) is 4.80. The van der Waals surface area contributed by atoms with Crippen LogP contribution in [0, 0.1) is 0 Å². The number of likely N-dealkylation sites (tertiary alicyclic amines) is 1. The van der Waals surface area contributed by atoms with E-state index in [4.69, 9.17) is 16.3 Å². The fraction of sp³-hybridized carbons (Fsp3) is 0.667. The number of piperazine rings is 1. The third kappa shape index (κ3) is 2.13. The molecule has 1 unspecified atom stereocenters. The summed E-state index contributed by atoms with van der Waals surface area (Å²) >= 11 is 5.93. The molecule has 4 rings (SSSR count). The van der Waals surface area contributed by atoms with Crippen LogP contribution < -0.4 is 10.6 Å². The first kappa shape index (κ1) is 14.8. The van der Waals surface area contributed by atoms with Crippen LogP contribution in [-0.4, -0.2) is 50.8 Å². The number of ether oxygens (including phenoxy) is 1. The van der Waals surface area contributed by atoms with Crippen LogP contribution in [0.1, 0.15) is 27.2 Å². The average Bonchev–Trinajstić information content (AvgIpc) is 3.02. The monoisotopic (exact) mass is 338 g/mol. The number of aromatic nitrogens is 2. The van der Waals surface area contributed by atoms with E-state index in [9.17, 15) is 9.59 Å². The highest BCUT2D eigenvalue weighted by Gasteiger charge is 2.60. The van der Waals surface area contributed by atoms with Gasteiger partial charge < -0.3 is 14.5 Å². The van der Waals surface area contributed by atoms with Crippen LogP contribution in [0.2, 0.25) is 5.15 Å². The molecule has 3 aliphatic rings. The number of carbonyl (C=O) groups excluding carboxylic acids is 1. The SMILES string of the molecule is CC(C)(C)OC(=O)N1CC23C[C@H]1CN2c1cc(Cl)nc(=O)n1C3. The summed E-state index contributed by atoms with van der Waals surface area (Å²) in [6.45, 7) is 7.39. The van der Waals surface area contributed by atoms with Crippen molar-refractivity contribution in [1.82, 2.24) is 14.5 Å². The first-order valence-corrected chi connectivity index (χ1v) is 8.11. The van der Waals surface area contributed by atoms with E-state index in [1.807, 2.05) is 20.8 Å². The number of amides is 1. The predicted molar refractivity (Wildman–Crippen MR) is 84.9 cm³/mol. The van der Waals surface area contributed by atoms with Gasteiger partial charge in [-0.25, -0.2) is 9.59 Å². The summed E-state index contributed by atoms with van der Waals surface area (Å²) in [7, 11) is 0. The number of halogens is 1. The van der Waals surface area contributed by atoms with Crippen molar-refractivity contribution in [1.29, 1.82) is 0 Å². The number of nitrogens with zero attached hydrogens (tertiary/aromatic N) is 4. The summed E-state index contributed by atoms with van der Waals surface area (Å²) in [5, 5.41) is 0.213. The maximum absolute atomic E-state index is 12.4. The highest BCUT2D eigenvalue weighted by molar-refractivity contribution is 6.29. The van der Waals surface area contributed by atoms with Crippen molar-refractivity contribution in [3.8, 4) is 0 Å². The lowest BCUT2D eigenvalue weighted by Crippen LogP contribution is -2.55. The highest BCUT2D eigenvalue weighted by Crippen LogP contribution is 2.48. The quantitative estimate of drug-likeness (QED) is 0.670. The van der Waals surface area contributed by atoms with Gasteiger partial charge >= 0.3 is 11.8 Å². The zero-order valence-corrected chi connectivity index (χ0v) is 14.1. The van der Waals surface area contributed by atoms with Crippen molar-refractivity contribution in [2.75, 3.05) is 18.0 Å². The van der Waals surface area contributed by atoms with Gasteiger partial charge in [-0.2, -0.15) is 4.98 Å². The lowest BCUT2D eigenvalue weighted by Gasteiger charge is -2.38. The fourth-order valence-corrected chi connectivity index (χ4v) is 4.20. The first-order chi connectivity index (χ1) is 10.7. The fourth-order valence-electron chi connectivity index (χ4n) is 4.03. The topological polar surface area (TPSA) is 67.7 Å². The van der Waals surface area contributed by atoms with Gasteiger partial charge in [-0.3, -0.25) is 4.57 Å². The van der Waals surface area contributed by atoms with Crippen LogP contribution in [0.3, 0.4) is 0 Å². The molecule has 1 amide bonds. The van der Waals surface area contributed by atoms with Crippen LogP contribution in [0.15, 0.2) is 10.9 Å². The Morgan fingerprint density at radius 2 is 2.17 bits per heavy atom. The molecule has 0 aromatic carbocycles. The molecule has 124 valence electrons. The van der Waals surface area contributed by atoms with E-state index < -0.39 is 5.60 Å². The Hall–Kier alpha value is -1.76. The predicted octanol–water partition coefficient (Wildman–Crippen LogP) is 1.48. The molecule has 7 nitrogen and oxygen atoms in total. The molecular weight excluding hydrogens is 320 g/mol. The number of anilines is 1. The van der Waals surface area contributed by atoms with E-state index in [2.05, 4.69) is 9.88 Å². The zero-order valence-electron chi connectivity index (χ0n) is 13.4. The molecule has 2 atom stereocenters. The molecule has 3 aliphatic heterocycles. The minimum absolute atomic E-state index is 0.112. The second-order valence-electron chi connectivity index (χ2n) is 7.61. The average molecular weight is 339 g/mol. The molecule has 4 heterocycles. The molecule has 1 aromatic heterocycles. The Morgan fingerprint density at radius 3 is 2.87 bits per heavy atom. The molecule has 0 saturated carbocycles. The summed E-state index contributed by atoms with van der Waals surface area (Å²) < 4.78 is 7.16. The van der Waals surface area contributed by atoms with E-state index in [1.54, 1.807) is 15.5 Å². The summed E-state index contributed by atoms with van der Waals surface area (Å²) in [5.41, 5.74) is -1.08. The molecule has 0 aliphatic carbocycles. The van der Waals surface area contributed by atoms with E-state index in [1.165, 1.54) is 0 Å². The van der Waals surface area contributed by atoms with Crippen LogP contribution in [0.25, 0.3) is 0 Å². The van der Waals surface area contributed by atoms with Crippen molar-refractivity contribution in [3.05, 3.63) is 21.7 Å². The van der Waals surface area contributed by atoms with Crippen molar-refractivity contribution in [2.45, 2.75) is 50.9 Å². The molecule has 0 N–H and O–H groups in total. The minimum Gasteiger partial charge on any atom is -0.444 e. The Kier molecular flexibility index (Phi) is 2.84. The Balaban J connectivity index is 1.62. The van der Waals surface area contributed by atoms with Crippen molar-refractivity contribution in [2.24, 2.45) is 0 Å². The summed E-state index contributed by atoms with van der Waals surface area (Å²) in [6, 6.07) is 1.84. The Morgan fingerprint density at radius 1 is 1.43 bits per heavy atom. The van der Waals surface area contributed by atoms with Gasteiger partial charge in [0, 0.05) is 19.2 Å². The standard InChI is InChI=1S/C15H19ClN4O3/c1-14(2,3)23-13(22)18-7-15-5-9(18)6-20(15)11-4-10(16)17-12(21)19(11)8-15/h4,9H,5-8H2,1-3H3/t9-,15?/m0/s1. The van der Waals surface area contributed by atoms with E-state index in [-0.39, 0.29) is 28.5 Å². The highest BCUT2D eigenvalue weighted by atomic mass is 35.5. The van der Waals surface area contributed by atoms with Gasteiger partial charge in [-0.05, 0) is 27.2 Å². The Bertz CT molecular complexity index is 756. The van der Waals surface area contributed by atoms with Gasteiger partial charge in [0.05, 0.1) is 18.1 Å². The van der Waals surface area contributed by atoms with Gasteiger partial charge in [0.1, 0.15) is 16.6 Å². The van der Waals surface area contributed by atoms with E-state index in [0.29, 0.717) is 19.6 Å². The summed E-state index contributed by atoms with van der Waals surface area (Å²) in [5.74, 6) is 0.807. The second-order valence-corrected chi connectivity index (χ2v) is 7.99. The smallest absolute Gasteiger partial charge is 0.410 e. The molecular formula is C15H19ClN4O3. The molecule has 2 fully saturated rings. The van der Waals surface area contributed by atoms with Gasteiger partial charge in [0.25, 0.3) is 0 Å². The van der Waals surface area contributed by atoms with Crippen molar-refractivity contribution in [3.63, 3.8) is 0 Å². The van der Waals surface area contributed by atoms with Crippen LogP contribution in [0.5, 0.6) is 0 Å². The molecule has 1 aromatic rings. The second kappa shape index (κ2) is 4.41. The van der Waals surface area contributed by atoms with Gasteiger partial charge in [-0.15, -0.1) is 0 Å². The van der Waals surface area contributed by atoms with E-state index >= 15 is 0 Å². The zero-order chi connectivity index (χ0) is 16.6. The van der Waals surface area contributed by atoms with E-state index in [0.717, 1.165) is 12.2 Å². The minimum atomic E-state index is -0.511. The number of rotatable bonds is 0. The van der Waals surface area contributed by atoms with Crippen molar-refractivity contribution >= 4 is 23.5 Å². The lowest BCUT2D eigenvalue weighted by molar-refractivity contribution is 0.0201. The maximum atomic E-state index is 12.4. The normalized spacial score (nSPS) is 28.1. The number of fused-ring (bicyclic) bond motifs is 3. The number of carbonyl (C=O) groups is 1. The lowest BCUT2D eigenvalue weighted by atomic mass is 10.0. The Labute approximate surface area is 138 Å². The number of hydrogen-bond acceptors (Lipinski definition) is 5. The molecule has 2 bridgehead atoms. The molecule has 23 heavy (non-hydrogen) atoms.